The van der Waals surface area contributed by atoms with Crippen LogP contribution in [-0.4, -0.2) is 33.9 Å². The molecule has 0 bridgehead atoms. The molecule has 1 aromatic carbocycles. The zero-order valence-electron chi connectivity index (χ0n) is 14.9. The van der Waals surface area contributed by atoms with Crippen LogP contribution in [0.15, 0.2) is 47.6 Å². The predicted octanol–water partition coefficient (Wildman–Crippen LogP) is 2.79. The second-order valence-electron chi connectivity index (χ2n) is 5.78. The molecule has 0 aromatic heterocycles. The van der Waals surface area contributed by atoms with Crippen molar-refractivity contribution in [1.29, 1.82) is 0 Å². The number of hydrogen-bond acceptors (Lipinski definition) is 7. The number of rotatable bonds is 6. The molecule has 7 nitrogen and oxygen atoms in total. The Hall–Kier alpha value is -3.09. The molecule has 0 radical (unpaired) electrons. The van der Waals surface area contributed by atoms with Crippen LogP contribution in [0.3, 0.4) is 0 Å². The number of ether oxygens (including phenoxy) is 5. The molecule has 0 amide bonds. The molecule has 3 rings (SSSR count). The molecule has 2 aliphatic rings. The fourth-order valence-corrected chi connectivity index (χ4v) is 2.92. The lowest BCUT2D eigenvalue weighted by molar-refractivity contribution is 0.104. The van der Waals surface area contributed by atoms with E-state index in [1.807, 2.05) is 6.08 Å². The van der Waals surface area contributed by atoms with E-state index >= 15 is 0 Å². The van der Waals surface area contributed by atoms with Gasteiger partial charge in [-0.3, -0.25) is 4.79 Å². The van der Waals surface area contributed by atoms with Gasteiger partial charge in [-0.25, -0.2) is 0 Å². The fraction of sp³-hybridized carbons (Fsp3) is 0.316. The molecule has 26 heavy (non-hydrogen) atoms. The predicted molar refractivity (Wildman–Crippen MR) is 94.7 cm³/mol. The first-order valence-corrected chi connectivity index (χ1v) is 8.06. The lowest BCUT2D eigenvalue weighted by Crippen LogP contribution is -2.12. The molecule has 7 heteroatoms. The van der Waals surface area contributed by atoms with E-state index in [1.165, 1.54) is 6.08 Å². The molecule has 0 saturated heterocycles. The summed E-state index contributed by atoms with van der Waals surface area (Å²) >= 11 is 0. The van der Waals surface area contributed by atoms with Crippen LogP contribution < -0.4 is 15.2 Å². The van der Waals surface area contributed by atoms with Gasteiger partial charge >= 0.3 is 0 Å². The smallest absolute Gasteiger partial charge is 0.231 e. The summed E-state index contributed by atoms with van der Waals surface area (Å²) < 4.78 is 26.6. The van der Waals surface area contributed by atoms with Gasteiger partial charge in [-0.05, 0) is 18.2 Å². The molecule has 138 valence electrons. The zero-order chi connectivity index (χ0) is 18.7. The van der Waals surface area contributed by atoms with Crippen molar-refractivity contribution in [3.05, 3.63) is 53.2 Å². The normalized spacial score (nSPS) is 18.7. The summed E-state index contributed by atoms with van der Waals surface area (Å²) in [6.45, 7) is 0.128. The molecule has 0 fully saturated rings. The lowest BCUT2D eigenvalue weighted by Gasteiger charge is -2.22. The minimum atomic E-state index is -0.214. The third-order valence-corrected chi connectivity index (χ3v) is 4.24. The Bertz CT molecular complexity index is 808. The van der Waals surface area contributed by atoms with Crippen molar-refractivity contribution >= 4 is 11.5 Å². The molecule has 1 aliphatic carbocycles. The van der Waals surface area contributed by atoms with Crippen LogP contribution in [0, 0.1) is 5.92 Å². The van der Waals surface area contributed by atoms with E-state index in [-0.39, 0.29) is 18.5 Å². The van der Waals surface area contributed by atoms with Gasteiger partial charge in [0.15, 0.2) is 28.8 Å². The van der Waals surface area contributed by atoms with Gasteiger partial charge in [0.25, 0.3) is 0 Å². The maximum atomic E-state index is 12.5. The van der Waals surface area contributed by atoms with Crippen LogP contribution in [-0.2, 0) is 14.2 Å². The second kappa shape index (κ2) is 7.43. The van der Waals surface area contributed by atoms with Gasteiger partial charge in [-0.15, -0.1) is 0 Å². The maximum Gasteiger partial charge on any atom is 0.231 e. The summed E-state index contributed by atoms with van der Waals surface area (Å²) in [4.78, 5) is 12.5. The SMILES string of the molecule is COC1=CC(C=CC(=O)c2cc3c(cc2N)OCO3)CC(OC)=C1OC. The number of carbonyl (C=O) groups is 1. The Morgan fingerprint density at radius 1 is 1.15 bits per heavy atom. The van der Waals surface area contributed by atoms with Crippen LogP contribution in [0.1, 0.15) is 16.8 Å². The first-order valence-electron chi connectivity index (χ1n) is 8.06. The zero-order valence-corrected chi connectivity index (χ0v) is 14.9. The van der Waals surface area contributed by atoms with Gasteiger partial charge in [0.05, 0.1) is 21.3 Å². The fourth-order valence-electron chi connectivity index (χ4n) is 2.92. The van der Waals surface area contributed by atoms with Gasteiger partial charge in [0, 0.05) is 29.7 Å². The van der Waals surface area contributed by atoms with Crippen molar-refractivity contribution in [3.63, 3.8) is 0 Å². The first kappa shape index (κ1) is 17.7. The van der Waals surface area contributed by atoms with E-state index in [0.29, 0.717) is 46.4 Å². The van der Waals surface area contributed by atoms with Crippen LogP contribution in [0.4, 0.5) is 5.69 Å². The van der Waals surface area contributed by atoms with E-state index in [4.69, 9.17) is 29.4 Å². The van der Waals surface area contributed by atoms with Crippen LogP contribution >= 0.6 is 0 Å². The molecular weight excluding hydrogens is 338 g/mol. The van der Waals surface area contributed by atoms with Gasteiger partial charge < -0.3 is 29.4 Å². The highest BCUT2D eigenvalue weighted by molar-refractivity contribution is 6.08. The average molecular weight is 359 g/mol. The molecular formula is C19H21NO6. The van der Waals surface area contributed by atoms with E-state index in [0.717, 1.165) is 0 Å². The van der Waals surface area contributed by atoms with Crippen LogP contribution in [0.2, 0.25) is 0 Å². The minimum Gasteiger partial charge on any atom is -0.497 e. The van der Waals surface area contributed by atoms with Gasteiger partial charge in [-0.2, -0.15) is 0 Å². The van der Waals surface area contributed by atoms with E-state index in [2.05, 4.69) is 0 Å². The summed E-state index contributed by atoms with van der Waals surface area (Å²) in [6.07, 6.45) is 5.73. The Labute approximate surface area is 151 Å². The summed E-state index contributed by atoms with van der Waals surface area (Å²) in [7, 11) is 4.69. The Morgan fingerprint density at radius 3 is 2.54 bits per heavy atom. The number of nitrogen functional groups attached to an aromatic ring is 1. The van der Waals surface area contributed by atoms with Crippen LogP contribution in [0.25, 0.3) is 0 Å². The van der Waals surface area contributed by atoms with Gasteiger partial charge in [0.2, 0.25) is 6.79 Å². The highest BCUT2D eigenvalue weighted by atomic mass is 16.7. The number of carbonyl (C=O) groups excluding carboxylic acids is 1. The maximum absolute atomic E-state index is 12.5. The summed E-state index contributed by atoms with van der Waals surface area (Å²) in [6, 6.07) is 3.20. The summed E-state index contributed by atoms with van der Waals surface area (Å²) in [5.41, 5.74) is 6.68. The molecule has 2 N–H and O–H groups in total. The largest absolute Gasteiger partial charge is 0.497 e. The van der Waals surface area contributed by atoms with E-state index in [1.54, 1.807) is 39.5 Å². The molecule has 1 atom stereocenters. The average Bonchev–Trinajstić information content (AvgIpc) is 3.11. The number of methoxy groups -OCH3 is 3. The molecule has 1 aromatic rings. The standard InChI is InChI=1S/C19H21NO6/c1-22-17-6-11(7-18(23-2)19(17)24-3)4-5-14(21)12-8-15-16(9-13(12)20)26-10-25-15/h4-6,8-9,11H,7,10,20H2,1-3H3. The number of fused-ring (bicyclic) bond motifs is 1. The summed E-state index contributed by atoms with van der Waals surface area (Å²) in [5, 5.41) is 0. The quantitative estimate of drug-likeness (QED) is 0.474. The summed E-state index contributed by atoms with van der Waals surface area (Å²) in [5.74, 6) is 2.57. The van der Waals surface area contributed by atoms with Crippen molar-refractivity contribution in [1.82, 2.24) is 0 Å². The monoisotopic (exact) mass is 359 g/mol. The number of hydrogen-bond donors (Lipinski definition) is 1. The minimum absolute atomic E-state index is 0.0713. The number of anilines is 1. The second-order valence-corrected chi connectivity index (χ2v) is 5.78. The number of nitrogens with two attached hydrogens (primary N) is 1. The lowest BCUT2D eigenvalue weighted by atomic mass is 9.95. The van der Waals surface area contributed by atoms with Crippen molar-refractivity contribution in [2.24, 2.45) is 5.92 Å². The van der Waals surface area contributed by atoms with Crippen molar-refractivity contribution < 1.29 is 28.5 Å². The number of ketones is 1. The van der Waals surface area contributed by atoms with E-state index in [9.17, 15) is 4.79 Å². The molecule has 1 aliphatic heterocycles. The van der Waals surface area contributed by atoms with E-state index < -0.39 is 0 Å². The third-order valence-electron chi connectivity index (χ3n) is 4.24. The first-order chi connectivity index (χ1) is 12.6. The molecule has 0 spiro atoms. The topological polar surface area (TPSA) is 89.2 Å². The highest BCUT2D eigenvalue weighted by Gasteiger charge is 2.24. The third kappa shape index (κ3) is 3.33. The van der Waals surface area contributed by atoms with Crippen molar-refractivity contribution in [2.45, 2.75) is 6.42 Å². The molecule has 1 unspecified atom stereocenters. The van der Waals surface area contributed by atoms with Crippen molar-refractivity contribution in [3.8, 4) is 11.5 Å². The molecule has 1 heterocycles. The molecule has 0 saturated carbocycles. The van der Waals surface area contributed by atoms with Gasteiger partial charge in [0.1, 0.15) is 5.76 Å². The highest BCUT2D eigenvalue weighted by Crippen LogP contribution is 2.36. The Morgan fingerprint density at radius 2 is 1.88 bits per heavy atom. The Kier molecular flexibility index (Phi) is 5.06. The number of allylic oxidation sites excluding steroid dienone is 4. The Balaban J connectivity index is 1.79. The number of benzene rings is 1. The van der Waals surface area contributed by atoms with Crippen molar-refractivity contribution in [2.75, 3.05) is 33.9 Å². The van der Waals surface area contributed by atoms with Crippen LogP contribution in [0.5, 0.6) is 11.5 Å². The van der Waals surface area contributed by atoms with Gasteiger partial charge in [-0.1, -0.05) is 6.08 Å².